The SMILES string of the molecule is CC1CC(C(=O)OCC(=O)c2ccc(-c3ccc(-c4ccc(C(=O)COC(=O)C5C[C@@H](C)CN5C(=O)OC(C)(C)C)cc4)c4c3CC3(CCC(C)C3)C4)cc2)N(C(=O)OC(C)(C)C)C1. The van der Waals surface area contributed by atoms with E-state index in [1.165, 1.54) is 27.3 Å². The Labute approximate surface area is 377 Å². The predicted molar refractivity (Wildman–Crippen MR) is 242 cm³/mol. The third-order valence-electron chi connectivity index (χ3n) is 13.0. The van der Waals surface area contributed by atoms with Gasteiger partial charge < -0.3 is 18.9 Å². The minimum atomic E-state index is -0.805. The van der Waals surface area contributed by atoms with Gasteiger partial charge in [0, 0.05) is 24.2 Å². The summed E-state index contributed by atoms with van der Waals surface area (Å²) >= 11 is 0. The number of fused-ring (bicyclic) bond motifs is 1. The molecular weight excluding hydrogens is 813 g/mol. The number of hydrogen-bond acceptors (Lipinski definition) is 10. The van der Waals surface area contributed by atoms with Gasteiger partial charge in [-0.2, -0.15) is 0 Å². The van der Waals surface area contributed by atoms with Crippen molar-refractivity contribution in [3.8, 4) is 22.3 Å². The molecule has 0 bridgehead atoms. The fourth-order valence-corrected chi connectivity index (χ4v) is 10.2. The lowest BCUT2D eigenvalue weighted by molar-refractivity contribution is -0.148. The first-order valence-corrected chi connectivity index (χ1v) is 22.8. The Kier molecular flexibility index (Phi) is 13.2. The first-order chi connectivity index (χ1) is 30.1. The molecule has 3 aromatic rings. The molecule has 342 valence electrons. The summed E-state index contributed by atoms with van der Waals surface area (Å²) in [4.78, 5) is 81.3. The Bertz CT molecular complexity index is 2140. The summed E-state index contributed by atoms with van der Waals surface area (Å²) in [6, 6.07) is 17.6. The molecular formula is C52H64N2O10. The summed E-state index contributed by atoms with van der Waals surface area (Å²) in [5.74, 6) is -1.06. The molecule has 64 heavy (non-hydrogen) atoms. The number of hydrogen-bond donors (Lipinski definition) is 0. The van der Waals surface area contributed by atoms with Gasteiger partial charge in [-0.25, -0.2) is 19.2 Å². The van der Waals surface area contributed by atoms with E-state index in [4.69, 9.17) is 18.9 Å². The molecule has 2 aliphatic heterocycles. The highest BCUT2D eigenvalue weighted by Crippen LogP contribution is 2.54. The summed E-state index contributed by atoms with van der Waals surface area (Å²) in [6.07, 6.45) is 5.16. The van der Waals surface area contributed by atoms with E-state index < -0.39 is 60.6 Å². The van der Waals surface area contributed by atoms with Crippen LogP contribution in [0.1, 0.15) is 126 Å². The number of rotatable bonds is 10. The Morgan fingerprint density at radius 2 is 0.969 bits per heavy atom. The number of Topliss-reactive ketones (excluding diaryl/α,β-unsaturated/α-hetero) is 2. The highest BCUT2D eigenvalue weighted by Gasteiger charge is 2.45. The van der Waals surface area contributed by atoms with Crippen LogP contribution in [0.4, 0.5) is 9.59 Å². The van der Waals surface area contributed by atoms with Gasteiger partial charge >= 0.3 is 24.1 Å². The van der Waals surface area contributed by atoms with Crippen molar-refractivity contribution in [3.05, 3.63) is 82.9 Å². The molecule has 2 aliphatic carbocycles. The second-order valence-electron chi connectivity index (χ2n) is 21.0. The Balaban J connectivity index is 1.02. The van der Waals surface area contributed by atoms with Gasteiger partial charge in [0.2, 0.25) is 0 Å². The van der Waals surface area contributed by atoms with Crippen molar-refractivity contribution in [1.82, 2.24) is 9.80 Å². The highest BCUT2D eigenvalue weighted by atomic mass is 16.6. The van der Waals surface area contributed by atoms with E-state index in [0.29, 0.717) is 43.0 Å². The highest BCUT2D eigenvalue weighted by molar-refractivity contribution is 6.00. The van der Waals surface area contributed by atoms with Gasteiger partial charge in [-0.3, -0.25) is 19.4 Å². The zero-order chi connectivity index (χ0) is 46.3. The van der Waals surface area contributed by atoms with Gasteiger partial charge in [0.25, 0.3) is 0 Å². The minimum absolute atomic E-state index is 0.0888. The van der Waals surface area contributed by atoms with E-state index in [0.717, 1.165) is 47.9 Å². The first-order valence-electron chi connectivity index (χ1n) is 22.8. The molecule has 2 amide bonds. The zero-order valence-corrected chi connectivity index (χ0v) is 38.9. The lowest BCUT2D eigenvalue weighted by Crippen LogP contribution is -2.44. The van der Waals surface area contributed by atoms with Crippen LogP contribution in [-0.4, -0.2) is 95.1 Å². The van der Waals surface area contributed by atoms with Gasteiger partial charge in [0.05, 0.1) is 0 Å². The lowest BCUT2D eigenvalue weighted by Gasteiger charge is -2.27. The molecule has 3 aromatic carbocycles. The first kappa shape index (κ1) is 46.5. The second-order valence-corrected chi connectivity index (χ2v) is 21.0. The number of carbonyl (C=O) groups excluding carboxylic acids is 6. The Hall–Kier alpha value is -5.52. The summed E-state index contributed by atoms with van der Waals surface area (Å²) in [5, 5.41) is 0. The number of carbonyl (C=O) groups is 6. The van der Waals surface area contributed by atoms with Crippen LogP contribution < -0.4 is 0 Å². The standard InChI is InChI=1S/C52H64N2O10/c1-31-20-21-52(24-31)25-40-38(34-10-14-36(15-11-34)44(55)29-61-46(57)42-22-32(2)27-53(42)48(59)63-50(4,5)6)18-19-39(41(40)26-52)35-12-16-37(17-13-35)45(56)30-62-47(58)43-23-33(3)28-54(43)49(60)64-51(7,8)9/h10-19,31-33,42-43H,20-30H2,1-9H3/t31?,32-,33?,42?,43?,52?/m1/s1. The molecule has 4 aliphatic rings. The monoisotopic (exact) mass is 876 g/mol. The van der Waals surface area contributed by atoms with Crippen LogP contribution in [-0.2, 0) is 41.4 Å². The van der Waals surface area contributed by atoms with Crippen molar-refractivity contribution in [2.45, 2.75) is 131 Å². The lowest BCUT2D eigenvalue weighted by atomic mass is 9.82. The molecule has 6 atom stereocenters. The van der Waals surface area contributed by atoms with E-state index in [-0.39, 0.29) is 28.8 Å². The molecule has 12 heteroatoms. The van der Waals surface area contributed by atoms with E-state index >= 15 is 0 Å². The van der Waals surface area contributed by atoms with Crippen LogP contribution >= 0.6 is 0 Å². The van der Waals surface area contributed by atoms with Crippen molar-refractivity contribution < 1.29 is 47.7 Å². The maximum absolute atomic E-state index is 13.3. The van der Waals surface area contributed by atoms with Crippen LogP contribution in [0.2, 0.25) is 0 Å². The molecule has 1 saturated carbocycles. The largest absolute Gasteiger partial charge is 0.456 e. The van der Waals surface area contributed by atoms with Crippen molar-refractivity contribution >= 4 is 35.7 Å². The topological polar surface area (TPSA) is 146 Å². The number of esters is 2. The van der Waals surface area contributed by atoms with Crippen molar-refractivity contribution in [3.63, 3.8) is 0 Å². The molecule has 0 N–H and O–H groups in total. The van der Waals surface area contributed by atoms with Gasteiger partial charge in [-0.1, -0.05) is 87.9 Å². The molecule has 1 spiro atoms. The van der Waals surface area contributed by atoms with Crippen LogP contribution in [0.25, 0.3) is 22.3 Å². The van der Waals surface area contributed by atoms with Gasteiger partial charge in [-0.05, 0) is 137 Å². The average Bonchev–Trinajstić information content (AvgIpc) is 4.01. The zero-order valence-electron chi connectivity index (χ0n) is 38.9. The smallest absolute Gasteiger partial charge is 0.411 e. The molecule has 2 heterocycles. The van der Waals surface area contributed by atoms with Crippen LogP contribution in [0, 0.1) is 23.2 Å². The quantitative estimate of drug-likeness (QED) is 0.110. The normalized spacial score (nSPS) is 24.1. The van der Waals surface area contributed by atoms with E-state index in [1.807, 2.05) is 38.1 Å². The average molecular weight is 877 g/mol. The number of amides is 2. The minimum Gasteiger partial charge on any atom is -0.456 e. The van der Waals surface area contributed by atoms with Crippen molar-refractivity contribution in [1.29, 1.82) is 0 Å². The fraction of sp³-hybridized carbons (Fsp3) is 0.538. The third kappa shape index (κ3) is 10.5. The van der Waals surface area contributed by atoms with Crippen LogP contribution in [0.15, 0.2) is 60.7 Å². The predicted octanol–water partition coefficient (Wildman–Crippen LogP) is 9.67. The summed E-state index contributed by atoms with van der Waals surface area (Å²) in [7, 11) is 0. The van der Waals surface area contributed by atoms with Gasteiger partial charge in [-0.15, -0.1) is 0 Å². The molecule has 12 nitrogen and oxygen atoms in total. The number of nitrogens with zero attached hydrogens (tertiary/aromatic N) is 2. The Morgan fingerprint density at radius 3 is 1.31 bits per heavy atom. The summed E-state index contributed by atoms with van der Waals surface area (Å²) in [5.41, 5.74) is 6.44. The van der Waals surface area contributed by atoms with E-state index in [9.17, 15) is 28.8 Å². The van der Waals surface area contributed by atoms with Crippen LogP contribution in [0.3, 0.4) is 0 Å². The Morgan fingerprint density at radius 1 is 0.578 bits per heavy atom. The van der Waals surface area contributed by atoms with Gasteiger partial charge in [0.15, 0.2) is 24.8 Å². The summed E-state index contributed by atoms with van der Waals surface area (Å²) < 4.78 is 22.0. The molecule has 3 fully saturated rings. The molecule has 7 rings (SSSR count). The van der Waals surface area contributed by atoms with Crippen LogP contribution in [0.5, 0.6) is 0 Å². The number of ketones is 2. The fourth-order valence-electron chi connectivity index (χ4n) is 10.2. The molecule has 0 radical (unpaired) electrons. The number of benzene rings is 3. The molecule has 2 saturated heterocycles. The molecule has 5 unspecified atom stereocenters. The van der Waals surface area contributed by atoms with Gasteiger partial charge in [0.1, 0.15) is 23.3 Å². The number of ether oxygens (including phenoxy) is 4. The van der Waals surface area contributed by atoms with E-state index in [2.05, 4.69) is 19.1 Å². The summed E-state index contributed by atoms with van der Waals surface area (Å²) in [6.45, 7) is 16.8. The third-order valence-corrected chi connectivity index (χ3v) is 13.0. The second kappa shape index (κ2) is 18.2. The maximum Gasteiger partial charge on any atom is 0.411 e. The number of likely N-dealkylation sites (tertiary alicyclic amines) is 2. The maximum atomic E-state index is 13.3. The molecule has 0 aromatic heterocycles. The van der Waals surface area contributed by atoms with Crippen molar-refractivity contribution in [2.75, 3.05) is 26.3 Å². The van der Waals surface area contributed by atoms with Crippen molar-refractivity contribution in [2.24, 2.45) is 23.2 Å². The van der Waals surface area contributed by atoms with E-state index in [1.54, 1.807) is 65.8 Å².